The zero-order chi connectivity index (χ0) is 18.8. The Morgan fingerprint density at radius 3 is 2.58 bits per heavy atom. The van der Waals surface area contributed by atoms with E-state index in [2.05, 4.69) is 5.32 Å². The van der Waals surface area contributed by atoms with Crippen molar-refractivity contribution in [2.24, 2.45) is 5.92 Å². The second kappa shape index (κ2) is 7.63. The number of rotatable bonds is 6. The van der Waals surface area contributed by atoms with Crippen LogP contribution in [0.25, 0.3) is 0 Å². The first-order valence-corrected chi connectivity index (χ1v) is 9.21. The van der Waals surface area contributed by atoms with Crippen molar-refractivity contribution in [2.75, 3.05) is 14.2 Å². The lowest BCUT2D eigenvalue weighted by Crippen LogP contribution is -2.41. The summed E-state index contributed by atoms with van der Waals surface area (Å²) in [6.07, 6.45) is 0.702. The second-order valence-corrected chi connectivity index (χ2v) is 7.73. The average molecular weight is 379 g/mol. The summed E-state index contributed by atoms with van der Waals surface area (Å²) in [6, 6.07) is 5.61. The number of methoxy groups -OCH3 is 2. The van der Waals surface area contributed by atoms with Gasteiger partial charge in [0.25, 0.3) is 5.91 Å². The lowest BCUT2D eigenvalue weighted by molar-refractivity contribution is 0.0231. The molecule has 1 amide bonds. The van der Waals surface area contributed by atoms with Crippen molar-refractivity contribution in [1.82, 2.24) is 5.32 Å². The van der Waals surface area contributed by atoms with E-state index in [0.717, 1.165) is 4.88 Å². The van der Waals surface area contributed by atoms with Crippen molar-refractivity contribution in [3.63, 3.8) is 0 Å². The van der Waals surface area contributed by atoms with Gasteiger partial charge in [-0.05, 0) is 49.9 Å². The quantitative estimate of drug-likeness (QED) is 0.807. The van der Waals surface area contributed by atoms with E-state index in [-0.39, 0.29) is 11.8 Å². The molecular formula is C19H22FNO4S. The highest BCUT2D eigenvalue weighted by Gasteiger charge is 2.37. The highest BCUT2D eigenvalue weighted by Crippen LogP contribution is 2.42. The summed E-state index contributed by atoms with van der Waals surface area (Å²) in [6.45, 7) is 1.90. The van der Waals surface area contributed by atoms with E-state index < -0.39 is 18.0 Å². The Morgan fingerprint density at radius 2 is 1.96 bits per heavy atom. The molecule has 2 N–H and O–H groups in total. The number of halogens is 1. The second-order valence-electron chi connectivity index (χ2n) is 6.48. The van der Waals surface area contributed by atoms with Gasteiger partial charge in [-0.15, -0.1) is 11.3 Å². The van der Waals surface area contributed by atoms with Crippen LogP contribution in [0.15, 0.2) is 24.3 Å². The van der Waals surface area contributed by atoms with E-state index in [9.17, 15) is 14.3 Å². The van der Waals surface area contributed by atoms with Crippen LogP contribution in [0.2, 0.25) is 0 Å². The molecule has 140 valence electrons. The van der Waals surface area contributed by atoms with E-state index in [4.69, 9.17) is 9.47 Å². The molecule has 1 aromatic carbocycles. The smallest absolute Gasteiger partial charge is 0.265 e. The van der Waals surface area contributed by atoms with Crippen molar-refractivity contribution in [1.29, 1.82) is 0 Å². The van der Waals surface area contributed by atoms with Crippen LogP contribution in [0.4, 0.5) is 4.39 Å². The SMILES string of the molecule is COc1ccc(F)cc1[C@H](NC(=O)c1sc(C)cc1OC)C1CC(O)C1. The highest BCUT2D eigenvalue weighted by atomic mass is 32.1. The standard InChI is InChI=1S/C19H22FNO4S/c1-10-6-16(25-3)18(26-10)19(23)21-17(11-7-13(22)8-11)14-9-12(20)4-5-15(14)24-2/h4-6,9,11,13,17,22H,7-8H2,1-3H3,(H,21,23)/t11?,13?,17-/m1/s1. The van der Waals surface area contributed by atoms with E-state index in [1.54, 1.807) is 6.07 Å². The third-order valence-electron chi connectivity index (χ3n) is 4.68. The third kappa shape index (κ3) is 3.68. The predicted molar refractivity (Wildman–Crippen MR) is 97.5 cm³/mol. The lowest BCUT2D eigenvalue weighted by Gasteiger charge is -2.38. The van der Waals surface area contributed by atoms with Crippen molar-refractivity contribution in [2.45, 2.75) is 31.9 Å². The largest absolute Gasteiger partial charge is 0.496 e. The number of amides is 1. The van der Waals surface area contributed by atoms with Crippen LogP contribution in [-0.2, 0) is 0 Å². The van der Waals surface area contributed by atoms with Crippen molar-refractivity contribution in [3.05, 3.63) is 45.4 Å². The molecule has 1 aliphatic rings. The first-order valence-electron chi connectivity index (χ1n) is 8.39. The van der Waals surface area contributed by atoms with Crippen LogP contribution in [-0.4, -0.2) is 31.3 Å². The van der Waals surface area contributed by atoms with Gasteiger partial charge in [0.2, 0.25) is 0 Å². The van der Waals surface area contributed by atoms with Crippen molar-refractivity contribution in [3.8, 4) is 11.5 Å². The van der Waals surface area contributed by atoms with Gasteiger partial charge in [-0.25, -0.2) is 4.39 Å². The Labute approximate surface area is 155 Å². The van der Waals surface area contributed by atoms with Gasteiger partial charge in [0.15, 0.2) is 0 Å². The fourth-order valence-corrected chi connectivity index (χ4v) is 4.19. The molecule has 1 aromatic heterocycles. The number of ether oxygens (including phenoxy) is 2. The summed E-state index contributed by atoms with van der Waals surface area (Å²) < 4.78 is 24.5. The minimum atomic E-state index is -0.455. The van der Waals surface area contributed by atoms with Crippen molar-refractivity contribution < 1.29 is 23.8 Å². The van der Waals surface area contributed by atoms with E-state index >= 15 is 0 Å². The van der Waals surface area contributed by atoms with Crippen LogP contribution in [0.3, 0.4) is 0 Å². The molecule has 1 fully saturated rings. The minimum Gasteiger partial charge on any atom is -0.496 e. The molecule has 0 aliphatic heterocycles. The topological polar surface area (TPSA) is 67.8 Å². The molecule has 1 saturated carbocycles. The molecule has 3 rings (SSSR count). The zero-order valence-corrected chi connectivity index (χ0v) is 15.7. The maximum absolute atomic E-state index is 13.9. The number of aliphatic hydroxyl groups excluding tert-OH is 1. The van der Waals surface area contributed by atoms with Crippen LogP contribution in [0.5, 0.6) is 11.5 Å². The average Bonchev–Trinajstić information content (AvgIpc) is 2.98. The zero-order valence-electron chi connectivity index (χ0n) is 14.9. The van der Waals surface area contributed by atoms with Gasteiger partial charge < -0.3 is 19.9 Å². The fourth-order valence-electron chi connectivity index (χ4n) is 3.31. The molecule has 1 heterocycles. The summed E-state index contributed by atoms with van der Waals surface area (Å²) >= 11 is 1.34. The molecule has 0 spiro atoms. The lowest BCUT2D eigenvalue weighted by atomic mass is 9.75. The Bertz CT molecular complexity index is 801. The van der Waals surface area contributed by atoms with Gasteiger partial charge in [-0.1, -0.05) is 0 Å². The van der Waals surface area contributed by atoms with Gasteiger partial charge in [0.05, 0.1) is 26.4 Å². The Morgan fingerprint density at radius 1 is 1.27 bits per heavy atom. The molecule has 7 heteroatoms. The first kappa shape index (κ1) is 18.7. The molecular weight excluding hydrogens is 357 g/mol. The summed E-state index contributed by atoms with van der Waals surface area (Å²) in [5.74, 6) is 0.356. The van der Waals surface area contributed by atoms with Gasteiger partial charge in [-0.3, -0.25) is 4.79 Å². The van der Waals surface area contributed by atoms with E-state index in [1.807, 2.05) is 13.0 Å². The number of hydrogen-bond acceptors (Lipinski definition) is 5. The van der Waals surface area contributed by atoms with Gasteiger partial charge in [-0.2, -0.15) is 0 Å². The maximum Gasteiger partial charge on any atom is 0.265 e. The molecule has 26 heavy (non-hydrogen) atoms. The summed E-state index contributed by atoms with van der Waals surface area (Å²) in [5, 5.41) is 12.7. The number of carbonyl (C=O) groups excluding carboxylic acids is 1. The first-order chi connectivity index (χ1) is 12.4. The molecule has 5 nitrogen and oxygen atoms in total. The maximum atomic E-state index is 13.9. The summed E-state index contributed by atoms with van der Waals surface area (Å²) in [5.41, 5.74) is 0.574. The fraction of sp³-hybridized carbons (Fsp3) is 0.421. The predicted octanol–water partition coefficient (Wildman–Crippen LogP) is 3.45. The highest BCUT2D eigenvalue weighted by molar-refractivity contribution is 7.14. The number of aliphatic hydroxyl groups is 1. The third-order valence-corrected chi connectivity index (χ3v) is 5.71. The van der Waals surface area contributed by atoms with Crippen LogP contribution in [0.1, 0.15) is 39.0 Å². The van der Waals surface area contributed by atoms with Gasteiger partial charge >= 0.3 is 0 Å². The van der Waals surface area contributed by atoms with Crippen LogP contribution in [0, 0.1) is 18.7 Å². The Kier molecular flexibility index (Phi) is 5.48. The molecule has 0 unspecified atom stereocenters. The number of thiophene rings is 1. The van der Waals surface area contributed by atoms with E-state index in [0.29, 0.717) is 34.8 Å². The number of nitrogens with one attached hydrogen (secondary N) is 1. The molecule has 2 aromatic rings. The Hall–Kier alpha value is -2.12. The monoisotopic (exact) mass is 379 g/mol. The van der Waals surface area contributed by atoms with Crippen LogP contribution < -0.4 is 14.8 Å². The number of hydrogen-bond donors (Lipinski definition) is 2. The van der Waals surface area contributed by atoms with Crippen molar-refractivity contribution >= 4 is 17.2 Å². The molecule has 0 bridgehead atoms. The van der Waals surface area contributed by atoms with Gasteiger partial charge in [0, 0.05) is 10.4 Å². The Balaban J connectivity index is 1.92. The van der Waals surface area contributed by atoms with Gasteiger partial charge in [0.1, 0.15) is 22.2 Å². The number of benzene rings is 1. The molecule has 1 aliphatic carbocycles. The van der Waals surface area contributed by atoms with E-state index in [1.165, 1.54) is 37.7 Å². The normalized spacial score (nSPS) is 20.2. The minimum absolute atomic E-state index is 0.0108. The molecule has 0 radical (unpaired) electrons. The molecule has 0 saturated heterocycles. The summed E-state index contributed by atoms with van der Waals surface area (Å²) in [4.78, 5) is 14.3. The molecule has 1 atom stereocenters. The number of aryl methyl sites for hydroxylation is 1. The summed E-state index contributed by atoms with van der Waals surface area (Å²) in [7, 11) is 3.03. The van der Waals surface area contributed by atoms with Crippen LogP contribution >= 0.6 is 11.3 Å². The number of carbonyl (C=O) groups is 1.